The molecule has 2 heterocycles. The van der Waals surface area contributed by atoms with E-state index in [2.05, 4.69) is 21.2 Å². The Kier molecular flexibility index (Phi) is 4.19. The summed E-state index contributed by atoms with van der Waals surface area (Å²) in [7, 11) is 0. The monoisotopic (exact) mass is 318 g/mol. The number of amides is 1. The van der Waals surface area contributed by atoms with Crippen LogP contribution in [0, 0.1) is 0 Å². The number of halogens is 1. The van der Waals surface area contributed by atoms with Crippen LogP contribution < -0.4 is 11.1 Å². The van der Waals surface area contributed by atoms with Crippen molar-refractivity contribution in [3.63, 3.8) is 0 Å². The zero-order valence-corrected chi connectivity index (χ0v) is 11.8. The summed E-state index contributed by atoms with van der Waals surface area (Å²) in [6.45, 7) is 1.65. The second-order valence-corrected chi connectivity index (χ2v) is 6.00. The van der Waals surface area contributed by atoms with E-state index >= 15 is 0 Å². The van der Waals surface area contributed by atoms with E-state index in [4.69, 9.17) is 10.5 Å². The highest BCUT2D eigenvalue weighted by molar-refractivity contribution is 9.10. The first-order valence-corrected chi connectivity index (χ1v) is 7.16. The topological polar surface area (TPSA) is 64.4 Å². The minimum atomic E-state index is -0.762. The molecule has 94 valence electrons. The Hall–Kier alpha value is -0.430. The van der Waals surface area contributed by atoms with Gasteiger partial charge < -0.3 is 15.8 Å². The molecule has 0 atom stereocenters. The lowest BCUT2D eigenvalue weighted by molar-refractivity contribution is -0.129. The van der Waals surface area contributed by atoms with E-state index in [9.17, 15) is 4.79 Å². The molecule has 0 spiro atoms. The molecule has 1 aliphatic rings. The van der Waals surface area contributed by atoms with Crippen molar-refractivity contribution >= 4 is 33.2 Å². The van der Waals surface area contributed by atoms with Crippen LogP contribution in [0.4, 0.5) is 0 Å². The summed E-state index contributed by atoms with van der Waals surface area (Å²) in [6.07, 6.45) is 1.18. The van der Waals surface area contributed by atoms with Gasteiger partial charge in [-0.05, 0) is 40.2 Å². The highest BCUT2D eigenvalue weighted by Gasteiger charge is 2.35. The van der Waals surface area contributed by atoms with Gasteiger partial charge in [-0.2, -0.15) is 0 Å². The van der Waals surface area contributed by atoms with Gasteiger partial charge in [0.05, 0.1) is 12.1 Å². The molecule has 0 saturated carbocycles. The minimum absolute atomic E-state index is 0.0823. The zero-order chi connectivity index (χ0) is 12.3. The number of carbonyl (C=O) groups excluding carboxylic acids is 1. The molecule has 2 rings (SSSR count). The van der Waals surface area contributed by atoms with Crippen LogP contribution in [-0.2, 0) is 16.1 Å². The van der Waals surface area contributed by atoms with Crippen LogP contribution >= 0.6 is 27.3 Å². The van der Waals surface area contributed by atoms with Gasteiger partial charge in [0, 0.05) is 22.6 Å². The fourth-order valence-electron chi connectivity index (χ4n) is 1.75. The predicted octanol–water partition coefficient (Wildman–Crippen LogP) is 1.63. The van der Waals surface area contributed by atoms with Crippen molar-refractivity contribution in [2.75, 3.05) is 13.2 Å². The Labute approximate surface area is 113 Å². The third-order valence-corrected chi connectivity index (χ3v) is 4.86. The summed E-state index contributed by atoms with van der Waals surface area (Å²) >= 11 is 5.04. The highest BCUT2D eigenvalue weighted by Crippen LogP contribution is 2.23. The molecule has 1 aromatic heterocycles. The average molecular weight is 319 g/mol. The van der Waals surface area contributed by atoms with Crippen molar-refractivity contribution in [3.05, 3.63) is 20.8 Å². The van der Waals surface area contributed by atoms with E-state index in [1.165, 1.54) is 0 Å². The zero-order valence-electron chi connectivity index (χ0n) is 9.37. The van der Waals surface area contributed by atoms with E-state index in [1.54, 1.807) is 11.3 Å². The number of rotatable bonds is 3. The maximum atomic E-state index is 12.0. The van der Waals surface area contributed by atoms with E-state index in [0.29, 0.717) is 32.6 Å². The van der Waals surface area contributed by atoms with Crippen LogP contribution in [0.25, 0.3) is 0 Å². The van der Waals surface area contributed by atoms with Crippen LogP contribution in [0.3, 0.4) is 0 Å². The molecule has 0 unspecified atom stereocenters. The number of hydrogen-bond acceptors (Lipinski definition) is 4. The first kappa shape index (κ1) is 13.0. The number of hydrogen-bond donors (Lipinski definition) is 2. The van der Waals surface area contributed by atoms with E-state index in [0.717, 1.165) is 9.35 Å². The Morgan fingerprint density at radius 3 is 2.88 bits per heavy atom. The third kappa shape index (κ3) is 3.07. The van der Waals surface area contributed by atoms with Gasteiger partial charge in [-0.25, -0.2) is 0 Å². The summed E-state index contributed by atoms with van der Waals surface area (Å²) < 4.78 is 6.25. The summed E-state index contributed by atoms with van der Waals surface area (Å²) in [5, 5.41) is 4.88. The molecule has 4 nitrogen and oxygen atoms in total. The van der Waals surface area contributed by atoms with Crippen LogP contribution in [0.15, 0.2) is 15.9 Å². The molecular formula is C11H15BrN2O2S. The van der Waals surface area contributed by atoms with Crippen LogP contribution in [0.5, 0.6) is 0 Å². The van der Waals surface area contributed by atoms with E-state index < -0.39 is 5.54 Å². The number of thiophene rings is 1. The molecular weight excluding hydrogens is 304 g/mol. The van der Waals surface area contributed by atoms with Gasteiger partial charge in [0.25, 0.3) is 0 Å². The molecule has 1 fully saturated rings. The summed E-state index contributed by atoms with van der Waals surface area (Å²) in [4.78, 5) is 13.1. The first-order chi connectivity index (χ1) is 8.12. The smallest absolute Gasteiger partial charge is 0.240 e. The lowest BCUT2D eigenvalue weighted by Crippen LogP contribution is -2.56. The molecule has 0 radical (unpaired) electrons. The van der Waals surface area contributed by atoms with Gasteiger partial charge >= 0.3 is 0 Å². The fourth-order valence-corrected chi connectivity index (χ4v) is 3.18. The molecule has 0 aromatic carbocycles. The third-order valence-electron chi connectivity index (χ3n) is 2.94. The van der Waals surface area contributed by atoms with Gasteiger partial charge in [0.15, 0.2) is 0 Å². The summed E-state index contributed by atoms with van der Waals surface area (Å²) in [5.41, 5.74) is 5.32. The molecule has 6 heteroatoms. The average Bonchev–Trinajstić information content (AvgIpc) is 2.73. The molecule has 0 bridgehead atoms. The Balaban J connectivity index is 1.91. The van der Waals surface area contributed by atoms with Crippen molar-refractivity contribution < 1.29 is 9.53 Å². The molecule has 0 aliphatic carbocycles. The van der Waals surface area contributed by atoms with Gasteiger partial charge in [-0.3, -0.25) is 4.79 Å². The molecule has 1 saturated heterocycles. The number of carbonyl (C=O) groups is 1. The van der Waals surface area contributed by atoms with Gasteiger partial charge in [0.2, 0.25) is 5.91 Å². The Morgan fingerprint density at radius 2 is 2.29 bits per heavy atom. The van der Waals surface area contributed by atoms with Crippen LogP contribution in [0.2, 0.25) is 0 Å². The van der Waals surface area contributed by atoms with Crippen molar-refractivity contribution in [2.45, 2.75) is 24.9 Å². The van der Waals surface area contributed by atoms with E-state index in [-0.39, 0.29) is 5.91 Å². The maximum Gasteiger partial charge on any atom is 0.240 e. The SMILES string of the molecule is NC1(C(=O)NCc2sccc2Br)CCOCC1. The Morgan fingerprint density at radius 1 is 1.59 bits per heavy atom. The summed E-state index contributed by atoms with van der Waals surface area (Å²) in [5.74, 6) is -0.0823. The molecule has 17 heavy (non-hydrogen) atoms. The lowest BCUT2D eigenvalue weighted by Gasteiger charge is -2.31. The lowest BCUT2D eigenvalue weighted by atomic mass is 9.90. The van der Waals surface area contributed by atoms with Gasteiger partial charge in [0.1, 0.15) is 0 Å². The van der Waals surface area contributed by atoms with E-state index in [1.807, 2.05) is 11.4 Å². The van der Waals surface area contributed by atoms with Crippen LogP contribution in [0.1, 0.15) is 17.7 Å². The van der Waals surface area contributed by atoms with Crippen molar-refractivity contribution in [1.82, 2.24) is 5.32 Å². The number of nitrogens with one attached hydrogen (secondary N) is 1. The normalized spacial score (nSPS) is 18.9. The molecule has 1 amide bonds. The number of nitrogens with two attached hydrogens (primary N) is 1. The highest BCUT2D eigenvalue weighted by atomic mass is 79.9. The molecule has 1 aromatic rings. The standard InChI is InChI=1S/C11H15BrN2O2S/c12-8-1-6-17-9(8)7-14-10(15)11(13)2-4-16-5-3-11/h1,6H,2-5,7,13H2,(H,14,15). The summed E-state index contributed by atoms with van der Waals surface area (Å²) in [6, 6.07) is 1.97. The second-order valence-electron chi connectivity index (χ2n) is 4.14. The van der Waals surface area contributed by atoms with Gasteiger partial charge in [-0.15, -0.1) is 11.3 Å². The van der Waals surface area contributed by atoms with Crippen molar-refractivity contribution in [3.8, 4) is 0 Å². The predicted molar refractivity (Wildman–Crippen MR) is 70.8 cm³/mol. The first-order valence-electron chi connectivity index (χ1n) is 5.49. The molecule has 1 aliphatic heterocycles. The second kappa shape index (κ2) is 5.48. The Bertz CT molecular complexity index is 402. The van der Waals surface area contributed by atoms with Gasteiger partial charge in [-0.1, -0.05) is 0 Å². The van der Waals surface area contributed by atoms with Crippen molar-refractivity contribution in [2.24, 2.45) is 5.73 Å². The maximum absolute atomic E-state index is 12.0. The van der Waals surface area contributed by atoms with Crippen LogP contribution in [-0.4, -0.2) is 24.7 Å². The minimum Gasteiger partial charge on any atom is -0.381 e. The molecule has 3 N–H and O–H groups in total. The number of ether oxygens (including phenoxy) is 1. The largest absolute Gasteiger partial charge is 0.381 e. The quantitative estimate of drug-likeness (QED) is 0.890. The van der Waals surface area contributed by atoms with Crippen molar-refractivity contribution in [1.29, 1.82) is 0 Å². The fraction of sp³-hybridized carbons (Fsp3) is 0.545.